The lowest BCUT2D eigenvalue weighted by atomic mass is 10.0. The van der Waals surface area contributed by atoms with E-state index in [2.05, 4.69) is 5.32 Å². The van der Waals surface area contributed by atoms with E-state index in [0.29, 0.717) is 19.0 Å². The van der Waals surface area contributed by atoms with Crippen molar-refractivity contribution in [3.63, 3.8) is 0 Å². The first kappa shape index (κ1) is 24.1. The molecule has 1 N–H and O–H groups in total. The highest BCUT2D eigenvalue weighted by atomic mass is 19.1. The first-order chi connectivity index (χ1) is 16.1. The van der Waals surface area contributed by atoms with Crippen LogP contribution in [0.1, 0.15) is 97.2 Å². The molecule has 3 atom stereocenters. The smallest absolute Gasteiger partial charge is 0.123 e. The van der Waals surface area contributed by atoms with E-state index in [9.17, 15) is 8.78 Å². The molecule has 0 bridgehead atoms. The van der Waals surface area contributed by atoms with Gasteiger partial charge in [-0.2, -0.15) is 0 Å². The van der Waals surface area contributed by atoms with Gasteiger partial charge < -0.3 is 5.32 Å². The van der Waals surface area contributed by atoms with E-state index in [1.54, 1.807) is 19.1 Å². The van der Waals surface area contributed by atoms with E-state index < -0.39 is 0 Å². The van der Waals surface area contributed by atoms with E-state index in [1.807, 2.05) is 24.3 Å². The molecule has 2 saturated carbocycles. The molecule has 2 heterocycles. The van der Waals surface area contributed by atoms with E-state index in [-0.39, 0.29) is 19.1 Å². The topological polar surface area (TPSA) is 24.4 Å². The van der Waals surface area contributed by atoms with E-state index in [0.717, 1.165) is 36.3 Å². The van der Waals surface area contributed by atoms with E-state index in [4.69, 9.17) is 6.36 Å². The summed E-state index contributed by atoms with van der Waals surface area (Å²) in [6.45, 7) is 2.29. The van der Waals surface area contributed by atoms with Crippen molar-refractivity contribution in [2.24, 2.45) is 16.8 Å². The monoisotopic (exact) mass is 455 g/mol. The maximum atomic E-state index is 12.8. The van der Waals surface area contributed by atoms with Crippen LogP contribution in [-0.2, 0) is 0 Å². The number of nitrogens with zero attached hydrogens (tertiary/aromatic N) is 1. The van der Waals surface area contributed by atoms with Crippen LogP contribution in [0.4, 0.5) is 8.78 Å². The molecule has 6 rings (SSSR count). The molecular formula is C29H40F2N2. The molecule has 2 aliphatic heterocycles. The third-order valence-corrected chi connectivity index (χ3v) is 6.94. The Morgan fingerprint density at radius 1 is 0.818 bits per heavy atom. The highest BCUT2D eigenvalue weighted by Crippen LogP contribution is 2.40. The second-order valence-electron chi connectivity index (χ2n) is 9.29. The van der Waals surface area contributed by atoms with Crippen LogP contribution >= 0.6 is 0 Å². The molecule has 2 aliphatic carbocycles. The van der Waals surface area contributed by atoms with Crippen molar-refractivity contribution in [1.29, 1.82) is 0 Å². The summed E-state index contributed by atoms with van der Waals surface area (Å²) < 4.78 is 31.7. The SMILES string of the molecule is C.Fc1ccc([C@@H]2CCC(C3CC3)=N2)cc1.Fc1ccc([C@@H]2CC[C@H](C3CC3)N2)cc1.[2H]CC. The van der Waals surface area contributed by atoms with Crippen LogP contribution in [0, 0.1) is 23.5 Å². The molecule has 2 nitrogen and oxygen atoms in total. The molecule has 0 spiro atoms. The molecule has 0 aromatic heterocycles. The van der Waals surface area contributed by atoms with E-state index >= 15 is 0 Å². The van der Waals surface area contributed by atoms with Gasteiger partial charge in [0.15, 0.2) is 0 Å². The number of benzene rings is 2. The predicted octanol–water partition coefficient (Wildman–Crippen LogP) is 8.20. The quantitative estimate of drug-likeness (QED) is 0.493. The Morgan fingerprint density at radius 2 is 1.39 bits per heavy atom. The Labute approximate surface area is 200 Å². The molecule has 180 valence electrons. The van der Waals surface area contributed by atoms with Crippen molar-refractivity contribution in [1.82, 2.24) is 5.32 Å². The van der Waals surface area contributed by atoms with Crippen LogP contribution in [0.2, 0.25) is 0 Å². The van der Waals surface area contributed by atoms with Gasteiger partial charge in [0.2, 0.25) is 0 Å². The summed E-state index contributed by atoms with van der Waals surface area (Å²) in [5, 5.41) is 3.67. The Morgan fingerprint density at radius 3 is 1.94 bits per heavy atom. The minimum Gasteiger partial charge on any atom is -0.307 e. The lowest BCUT2D eigenvalue weighted by molar-refractivity contribution is 0.503. The summed E-state index contributed by atoms with van der Waals surface area (Å²) in [6.07, 6.45) is 10.2. The molecule has 2 aromatic carbocycles. The minimum absolute atomic E-state index is 0. The Kier molecular flexibility index (Phi) is 8.66. The van der Waals surface area contributed by atoms with Gasteiger partial charge in [0.25, 0.3) is 0 Å². The second-order valence-corrected chi connectivity index (χ2v) is 9.29. The van der Waals surface area contributed by atoms with Crippen molar-refractivity contribution < 1.29 is 10.2 Å². The highest BCUT2D eigenvalue weighted by Gasteiger charge is 2.36. The zero-order valence-electron chi connectivity index (χ0n) is 20.1. The van der Waals surface area contributed by atoms with Crippen LogP contribution in [0.5, 0.6) is 0 Å². The lowest BCUT2D eigenvalue weighted by Gasteiger charge is -2.13. The van der Waals surface area contributed by atoms with Crippen molar-refractivity contribution in [3.8, 4) is 0 Å². The maximum Gasteiger partial charge on any atom is 0.123 e. The molecule has 3 fully saturated rings. The van der Waals surface area contributed by atoms with Crippen molar-refractivity contribution in [2.45, 2.75) is 90.7 Å². The van der Waals surface area contributed by atoms with Gasteiger partial charge in [0, 0.05) is 19.2 Å². The van der Waals surface area contributed by atoms with Gasteiger partial charge in [0.05, 0.1) is 6.04 Å². The summed E-state index contributed by atoms with van der Waals surface area (Å²) in [6, 6.07) is 15.2. The molecule has 33 heavy (non-hydrogen) atoms. The number of aliphatic imine (C=N–C) groups is 1. The first-order valence-electron chi connectivity index (χ1n) is 12.9. The predicted molar refractivity (Wildman–Crippen MR) is 135 cm³/mol. The number of hydrogen-bond donors (Lipinski definition) is 1. The third-order valence-electron chi connectivity index (χ3n) is 6.94. The fraction of sp³-hybridized carbons (Fsp3) is 0.552. The van der Waals surface area contributed by atoms with Gasteiger partial charge in [-0.15, -0.1) is 0 Å². The van der Waals surface area contributed by atoms with Crippen molar-refractivity contribution in [2.75, 3.05) is 0 Å². The van der Waals surface area contributed by atoms with Crippen LogP contribution in [0.3, 0.4) is 0 Å². The zero-order valence-corrected chi connectivity index (χ0v) is 19.1. The number of hydrogen-bond acceptors (Lipinski definition) is 2. The number of halogens is 2. The molecule has 4 heteroatoms. The van der Waals surface area contributed by atoms with Crippen molar-refractivity contribution in [3.05, 3.63) is 71.3 Å². The fourth-order valence-electron chi connectivity index (χ4n) is 4.87. The lowest BCUT2D eigenvalue weighted by Crippen LogP contribution is -2.25. The van der Waals surface area contributed by atoms with Crippen LogP contribution in [-0.4, -0.2) is 11.8 Å². The largest absolute Gasteiger partial charge is 0.307 e. The number of nitrogens with one attached hydrogen (secondary N) is 1. The summed E-state index contributed by atoms with van der Waals surface area (Å²) in [5.41, 5.74) is 3.80. The Hall–Kier alpha value is -2.07. The zero-order chi connectivity index (χ0) is 23.2. The summed E-state index contributed by atoms with van der Waals surface area (Å²) >= 11 is 0. The third kappa shape index (κ3) is 6.96. The molecule has 1 saturated heterocycles. The fourth-order valence-corrected chi connectivity index (χ4v) is 4.87. The molecular weight excluding hydrogens is 414 g/mol. The Balaban J connectivity index is 0.000000167. The van der Waals surface area contributed by atoms with Crippen LogP contribution < -0.4 is 5.32 Å². The highest BCUT2D eigenvalue weighted by molar-refractivity contribution is 5.90. The average molecular weight is 456 g/mol. The standard InChI is InChI=1S/C13H16FN.C13H14FN.C2H6.CH4/c2*14-11-5-3-10(4-6-11)13-8-7-12(15-13)9-1-2-9;1-2;/h3-6,9,12-13,15H,1-2,7-8H2;3-6,9,13H,1-2,7-8H2;1-2H3;1H4/t12-,13+;13-;;/m10../s1/i;;1D;. The molecule has 0 unspecified atom stereocenters. The van der Waals surface area contributed by atoms with Crippen molar-refractivity contribution >= 4 is 5.71 Å². The van der Waals surface area contributed by atoms with E-state index in [1.165, 1.54) is 61.9 Å². The summed E-state index contributed by atoms with van der Waals surface area (Å²) in [4.78, 5) is 4.74. The van der Waals surface area contributed by atoms with Gasteiger partial charge >= 0.3 is 0 Å². The summed E-state index contributed by atoms with van der Waals surface area (Å²) in [5.74, 6) is 1.41. The average Bonchev–Trinajstić information content (AvgIpc) is 3.76. The van der Waals surface area contributed by atoms with Gasteiger partial charge in [0.1, 0.15) is 11.6 Å². The number of rotatable bonds is 4. The van der Waals surface area contributed by atoms with Gasteiger partial charge in [-0.05, 0) is 98.6 Å². The normalized spacial score (nSPS) is 26.1. The Bertz CT molecular complexity index is 905. The molecule has 2 aromatic rings. The van der Waals surface area contributed by atoms with Crippen LogP contribution in [0.15, 0.2) is 53.5 Å². The summed E-state index contributed by atoms with van der Waals surface area (Å²) in [7, 11) is 0. The maximum absolute atomic E-state index is 12.8. The van der Waals surface area contributed by atoms with Gasteiger partial charge in [-0.3, -0.25) is 4.99 Å². The van der Waals surface area contributed by atoms with Crippen LogP contribution in [0.25, 0.3) is 0 Å². The van der Waals surface area contributed by atoms with Gasteiger partial charge in [-0.1, -0.05) is 45.5 Å². The second kappa shape index (κ2) is 11.9. The molecule has 0 radical (unpaired) electrons. The first-order valence-corrected chi connectivity index (χ1v) is 12.2. The van der Waals surface area contributed by atoms with Gasteiger partial charge in [-0.25, -0.2) is 8.78 Å². The molecule has 4 aliphatic rings. The minimum atomic E-state index is -0.164. The molecule has 0 amide bonds.